The topological polar surface area (TPSA) is 12.0 Å². The lowest BCUT2D eigenvalue weighted by molar-refractivity contribution is 0.587. The monoisotopic (exact) mass is 177 g/mol. The van der Waals surface area contributed by atoms with Crippen LogP contribution in [0.2, 0.25) is 0 Å². The van der Waals surface area contributed by atoms with Crippen LogP contribution in [0.1, 0.15) is 30.5 Å². The van der Waals surface area contributed by atoms with E-state index in [2.05, 4.69) is 51.2 Å². The van der Waals surface area contributed by atoms with Gasteiger partial charge in [0.15, 0.2) is 0 Å². The molecule has 1 rings (SSSR count). The fourth-order valence-corrected chi connectivity index (χ4v) is 1.36. The molecule has 0 amide bonds. The third-order valence-electron chi connectivity index (χ3n) is 2.20. The summed E-state index contributed by atoms with van der Waals surface area (Å²) in [6, 6.07) is 7.17. The van der Waals surface area contributed by atoms with E-state index in [1.165, 1.54) is 16.7 Å². The Morgan fingerprint density at radius 1 is 1.23 bits per heavy atom. The molecule has 0 aliphatic rings. The van der Waals surface area contributed by atoms with E-state index in [-0.39, 0.29) is 0 Å². The first-order chi connectivity index (χ1) is 6.09. The van der Waals surface area contributed by atoms with Gasteiger partial charge < -0.3 is 5.32 Å². The van der Waals surface area contributed by atoms with Gasteiger partial charge in [0.1, 0.15) is 0 Å². The minimum atomic E-state index is 0.556. The number of aryl methyl sites for hydroxylation is 2. The lowest BCUT2D eigenvalue weighted by Crippen LogP contribution is -2.22. The molecule has 0 bridgehead atoms. The molecule has 0 aliphatic heterocycles. The highest BCUT2D eigenvalue weighted by atomic mass is 14.9. The molecule has 0 atom stereocenters. The Labute approximate surface area is 81.2 Å². The average Bonchev–Trinajstić information content (AvgIpc) is 2.02. The van der Waals surface area contributed by atoms with Crippen LogP contribution in [-0.2, 0) is 6.54 Å². The van der Waals surface area contributed by atoms with Gasteiger partial charge in [0, 0.05) is 12.6 Å². The van der Waals surface area contributed by atoms with Gasteiger partial charge in [0.05, 0.1) is 0 Å². The van der Waals surface area contributed by atoms with Crippen LogP contribution in [0.25, 0.3) is 0 Å². The van der Waals surface area contributed by atoms with Crippen molar-refractivity contribution in [2.45, 2.75) is 40.3 Å². The minimum Gasteiger partial charge on any atom is -0.310 e. The van der Waals surface area contributed by atoms with Gasteiger partial charge in [-0.2, -0.15) is 0 Å². The van der Waals surface area contributed by atoms with E-state index in [9.17, 15) is 0 Å². The van der Waals surface area contributed by atoms with Crippen LogP contribution < -0.4 is 5.32 Å². The van der Waals surface area contributed by atoms with E-state index in [4.69, 9.17) is 0 Å². The van der Waals surface area contributed by atoms with Crippen molar-refractivity contribution < 1.29 is 0 Å². The standard InChI is InChI=1S/C12H19N/c1-9(2)13-8-12-6-5-10(3)7-11(12)4/h5-7,9,13H,8H2,1-4H3. The molecule has 72 valence electrons. The van der Waals surface area contributed by atoms with Gasteiger partial charge >= 0.3 is 0 Å². The van der Waals surface area contributed by atoms with Crippen molar-refractivity contribution >= 4 is 0 Å². The van der Waals surface area contributed by atoms with Crippen LogP contribution in [0.5, 0.6) is 0 Å². The Kier molecular flexibility index (Phi) is 3.49. The number of hydrogen-bond donors (Lipinski definition) is 1. The molecule has 0 saturated carbocycles. The molecule has 0 spiro atoms. The first-order valence-corrected chi connectivity index (χ1v) is 4.89. The van der Waals surface area contributed by atoms with Gasteiger partial charge in [0.25, 0.3) is 0 Å². The smallest absolute Gasteiger partial charge is 0.0210 e. The van der Waals surface area contributed by atoms with Crippen LogP contribution in [-0.4, -0.2) is 6.04 Å². The summed E-state index contributed by atoms with van der Waals surface area (Å²) in [6.45, 7) is 9.62. The molecule has 1 aromatic carbocycles. The summed E-state index contributed by atoms with van der Waals surface area (Å²) in [4.78, 5) is 0. The molecule has 0 unspecified atom stereocenters. The van der Waals surface area contributed by atoms with Crippen LogP contribution >= 0.6 is 0 Å². The maximum absolute atomic E-state index is 3.42. The van der Waals surface area contributed by atoms with Gasteiger partial charge in [0.2, 0.25) is 0 Å². The first kappa shape index (κ1) is 10.3. The zero-order valence-corrected chi connectivity index (χ0v) is 9.02. The predicted octanol–water partition coefficient (Wildman–Crippen LogP) is 2.80. The second kappa shape index (κ2) is 4.43. The Morgan fingerprint density at radius 2 is 1.92 bits per heavy atom. The predicted molar refractivity (Wildman–Crippen MR) is 57.9 cm³/mol. The lowest BCUT2D eigenvalue weighted by Gasteiger charge is -2.10. The van der Waals surface area contributed by atoms with Gasteiger partial charge in [-0.3, -0.25) is 0 Å². The largest absolute Gasteiger partial charge is 0.310 e. The van der Waals surface area contributed by atoms with Crippen LogP contribution in [0, 0.1) is 13.8 Å². The second-order valence-corrected chi connectivity index (χ2v) is 3.97. The molecule has 0 aromatic heterocycles. The molecule has 0 radical (unpaired) electrons. The third-order valence-corrected chi connectivity index (χ3v) is 2.20. The van der Waals surface area contributed by atoms with Crippen molar-refractivity contribution in [3.8, 4) is 0 Å². The van der Waals surface area contributed by atoms with E-state index < -0.39 is 0 Å². The summed E-state index contributed by atoms with van der Waals surface area (Å²) in [5.74, 6) is 0. The van der Waals surface area contributed by atoms with Crippen molar-refractivity contribution in [1.29, 1.82) is 0 Å². The quantitative estimate of drug-likeness (QED) is 0.748. The van der Waals surface area contributed by atoms with E-state index in [1.807, 2.05) is 0 Å². The third kappa shape index (κ3) is 3.19. The van der Waals surface area contributed by atoms with Crippen molar-refractivity contribution in [1.82, 2.24) is 5.32 Å². The zero-order chi connectivity index (χ0) is 9.84. The van der Waals surface area contributed by atoms with E-state index >= 15 is 0 Å². The fraction of sp³-hybridized carbons (Fsp3) is 0.500. The number of nitrogens with one attached hydrogen (secondary N) is 1. The minimum absolute atomic E-state index is 0.556. The fourth-order valence-electron chi connectivity index (χ4n) is 1.36. The highest BCUT2D eigenvalue weighted by molar-refractivity contribution is 5.30. The summed E-state index contributed by atoms with van der Waals surface area (Å²) >= 11 is 0. The van der Waals surface area contributed by atoms with Crippen LogP contribution in [0.3, 0.4) is 0 Å². The normalized spacial score (nSPS) is 10.8. The van der Waals surface area contributed by atoms with E-state index in [1.54, 1.807) is 0 Å². The molecular formula is C12H19N. The molecule has 0 aliphatic carbocycles. The van der Waals surface area contributed by atoms with Crippen LogP contribution in [0.15, 0.2) is 18.2 Å². The molecule has 0 fully saturated rings. The number of hydrogen-bond acceptors (Lipinski definition) is 1. The molecule has 1 nitrogen and oxygen atoms in total. The molecule has 13 heavy (non-hydrogen) atoms. The Morgan fingerprint density at radius 3 is 2.46 bits per heavy atom. The van der Waals surface area contributed by atoms with E-state index in [0.29, 0.717) is 6.04 Å². The SMILES string of the molecule is Cc1ccc(CNC(C)C)c(C)c1. The van der Waals surface area contributed by atoms with Gasteiger partial charge in [-0.05, 0) is 25.0 Å². The second-order valence-electron chi connectivity index (χ2n) is 3.97. The van der Waals surface area contributed by atoms with Crippen molar-refractivity contribution in [2.75, 3.05) is 0 Å². The maximum atomic E-state index is 3.42. The van der Waals surface area contributed by atoms with Crippen molar-refractivity contribution in [3.05, 3.63) is 34.9 Å². The Balaban J connectivity index is 2.67. The highest BCUT2D eigenvalue weighted by Gasteiger charge is 1.98. The molecule has 1 aromatic rings. The Hall–Kier alpha value is -0.820. The molecule has 1 N–H and O–H groups in total. The highest BCUT2D eigenvalue weighted by Crippen LogP contribution is 2.10. The number of rotatable bonds is 3. The molecule has 1 heteroatoms. The number of benzene rings is 1. The van der Waals surface area contributed by atoms with Crippen LogP contribution in [0.4, 0.5) is 0 Å². The lowest BCUT2D eigenvalue weighted by atomic mass is 10.1. The molecule has 0 saturated heterocycles. The van der Waals surface area contributed by atoms with E-state index in [0.717, 1.165) is 6.54 Å². The van der Waals surface area contributed by atoms with Gasteiger partial charge in [-0.15, -0.1) is 0 Å². The Bertz CT molecular complexity index is 276. The average molecular weight is 177 g/mol. The summed E-state index contributed by atoms with van der Waals surface area (Å²) in [7, 11) is 0. The first-order valence-electron chi connectivity index (χ1n) is 4.89. The van der Waals surface area contributed by atoms with Gasteiger partial charge in [-0.25, -0.2) is 0 Å². The zero-order valence-electron chi connectivity index (χ0n) is 9.02. The van der Waals surface area contributed by atoms with Crippen molar-refractivity contribution in [2.24, 2.45) is 0 Å². The molecular weight excluding hydrogens is 158 g/mol. The summed E-state index contributed by atoms with van der Waals surface area (Å²) in [5.41, 5.74) is 4.12. The van der Waals surface area contributed by atoms with Crippen molar-refractivity contribution in [3.63, 3.8) is 0 Å². The van der Waals surface area contributed by atoms with Gasteiger partial charge in [-0.1, -0.05) is 37.6 Å². The summed E-state index contributed by atoms with van der Waals surface area (Å²) < 4.78 is 0. The maximum Gasteiger partial charge on any atom is 0.0210 e. The molecule has 0 heterocycles. The summed E-state index contributed by atoms with van der Waals surface area (Å²) in [5, 5.41) is 3.42. The summed E-state index contributed by atoms with van der Waals surface area (Å²) in [6.07, 6.45) is 0.